The lowest BCUT2D eigenvalue weighted by molar-refractivity contribution is -0.140. The van der Waals surface area contributed by atoms with E-state index in [-0.39, 0.29) is 30.1 Å². The number of benzene rings is 1. The molecule has 2 aliphatic heterocycles. The Morgan fingerprint density at radius 1 is 1.15 bits per heavy atom. The molecule has 136 valence electrons. The zero-order valence-corrected chi connectivity index (χ0v) is 15.2. The molecule has 7 nitrogen and oxygen atoms in total. The lowest BCUT2D eigenvalue weighted by Crippen LogP contribution is -2.51. The SMILES string of the molecule is Cc1noc(C2CN(C(=O)C3CC(=O)N(c4ccc(C)c(C)c4)C3)C2)n1. The minimum atomic E-state index is -0.283. The second kappa shape index (κ2) is 6.23. The van der Waals surface area contributed by atoms with Crippen molar-refractivity contribution in [1.82, 2.24) is 15.0 Å². The molecule has 2 aromatic rings. The van der Waals surface area contributed by atoms with Crippen molar-refractivity contribution in [3.05, 3.63) is 41.0 Å². The highest BCUT2D eigenvalue weighted by Gasteiger charge is 2.42. The molecular formula is C19H22N4O3. The van der Waals surface area contributed by atoms with Crippen molar-refractivity contribution in [3.8, 4) is 0 Å². The molecule has 1 unspecified atom stereocenters. The molecule has 2 fully saturated rings. The van der Waals surface area contributed by atoms with Crippen LogP contribution in [0.4, 0.5) is 5.69 Å². The Morgan fingerprint density at radius 3 is 2.58 bits per heavy atom. The predicted molar refractivity (Wildman–Crippen MR) is 94.7 cm³/mol. The van der Waals surface area contributed by atoms with Gasteiger partial charge in [0.1, 0.15) is 0 Å². The first kappa shape index (κ1) is 16.8. The van der Waals surface area contributed by atoms with Gasteiger partial charge in [0, 0.05) is 31.7 Å². The number of likely N-dealkylation sites (tertiary alicyclic amines) is 1. The van der Waals surface area contributed by atoms with Gasteiger partial charge >= 0.3 is 0 Å². The molecule has 7 heteroatoms. The summed E-state index contributed by atoms with van der Waals surface area (Å²) in [5, 5.41) is 3.79. The summed E-state index contributed by atoms with van der Waals surface area (Å²) in [4.78, 5) is 32.9. The monoisotopic (exact) mass is 354 g/mol. The third-order valence-corrected chi connectivity index (χ3v) is 5.36. The number of carbonyl (C=O) groups excluding carboxylic acids is 2. The molecule has 0 N–H and O–H groups in total. The summed E-state index contributed by atoms with van der Waals surface area (Å²) in [5.74, 6) is 1.07. The maximum Gasteiger partial charge on any atom is 0.233 e. The van der Waals surface area contributed by atoms with Gasteiger partial charge in [0.05, 0.1) is 11.8 Å². The van der Waals surface area contributed by atoms with Crippen LogP contribution in [0.2, 0.25) is 0 Å². The summed E-state index contributed by atoms with van der Waals surface area (Å²) < 4.78 is 5.17. The molecule has 0 bridgehead atoms. The normalized spacial score (nSPS) is 20.6. The van der Waals surface area contributed by atoms with E-state index in [9.17, 15) is 9.59 Å². The molecule has 0 saturated carbocycles. The number of aryl methyl sites for hydroxylation is 3. The van der Waals surface area contributed by atoms with Crippen molar-refractivity contribution in [2.24, 2.45) is 5.92 Å². The molecule has 2 saturated heterocycles. The van der Waals surface area contributed by atoms with Crippen LogP contribution in [0.25, 0.3) is 0 Å². The molecule has 0 aliphatic carbocycles. The topological polar surface area (TPSA) is 79.5 Å². The zero-order valence-electron chi connectivity index (χ0n) is 15.2. The van der Waals surface area contributed by atoms with E-state index < -0.39 is 0 Å². The number of aromatic nitrogens is 2. The molecule has 1 aromatic heterocycles. The smallest absolute Gasteiger partial charge is 0.233 e. The Bertz CT molecular complexity index is 869. The second-order valence-electron chi connectivity index (χ2n) is 7.29. The van der Waals surface area contributed by atoms with Crippen LogP contribution >= 0.6 is 0 Å². The highest BCUT2D eigenvalue weighted by molar-refractivity contribution is 6.00. The van der Waals surface area contributed by atoms with Gasteiger partial charge in [-0.3, -0.25) is 9.59 Å². The standard InChI is InChI=1S/C19H22N4O3/c1-11-4-5-16(6-12(11)2)23-10-14(7-17(23)24)19(25)22-8-15(9-22)18-20-13(3)21-26-18/h4-6,14-15H,7-10H2,1-3H3. The number of hydrogen-bond donors (Lipinski definition) is 0. The summed E-state index contributed by atoms with van der Waals surface area (Å²) in [6.45, 7) is 7.45. The van der Waals surface area contributed by atoms with Gasteiger partial charge in [-0.15, -0.1) is 0 Å². The highest BCUT2D eigenvalue weighted by Crippen LogP contribution is 2.32. The number of rotatable bonds is 3. The van der Waals surface area contributed by atoms with Crippen LogP contribution in [0.3, 0.4) is 0 Å². The van der Waals surface area contributed by atoms with E-state index >= 15 is 0 Å². The van der Waals surface area contributed by atoms with Gasteiger partial charge in [0.15, 0.2) is 5.82 Å². The molecule has 1 aromatic carbocycles. The van der Waals surface area contributed by atoms with Crippen molar-refractivity contribution in [2.75, 3.05) is 24.5 Å². The molecular weight excluding hydrogens is 332 g/mol. The highest BCUT2D eigenvalue weighted by atomic mass is 16.5. The third-order valence-electron chi connectivity index (χ3n) is 5.36. The minimum absolute atomic E-state index is 0.0104. The van der Waals surface area contributed by atoms with Crippen molar-refractivity contribution in [1.29, 1.82) is 0 Å². The van der Waals surface area contributed by atoms with E-state index in [1.807, 2.05) is 32.0 Å². The molecule has 26 heavy (non-hydrogen) atoms. The quantitative estimate of drug-likeness (QED) is 0.842. The van der Waals surface area contributed by atoms with Gasteiger partial charge in [0.2, 0.25) is 17.7 Å². The van der Waals surface area contributed by atoms with Crippen LogP contribution in [-0.2, 0) is 9.59 Å². The van der Waals surface area contributed by atoms with E-state index in [0.717, 1.165) is 11.3 Å². The van der Waals surface area contributed by atoms with Crippen molar-refractivity contribution < 1.29 is 14.1 Å². The van der Waals surface area contributed by atoms with E-state index in [4.69, 9.17) is 4.52 Å². The zero-order chi connectivity index (χ0) is 18.4. The largest absolute Gasteiger partial charge is 0.341 e. The summed E-state index contributed by atoms with van der Waals surface area (Å²) in [6, 6.07) is 5.97. The number of amides is 2. The first-order chi connectivity index (χ1) is 12.4. The fourth-order valence-electron chi connectivity index (χ4n) is 3.57. The number of anilines is 1. The molecule has 0 spiro atoms. The molecule has 2 aliphatic rings. The van der Waals surface area contributed by atoms with Gasteiger partial charge in [-0.05, 0) is 44.0 Å². The summed E-state index contributed by atoms with van der Waals surface area (Å²) in [7, 11) is 0. The molecule has 1 atom stereocenters. The molecule has 0 radical (unpaired) electrons. The van der Waals surface area contributed by atoms with E-state index in [2.05, 4.69) is 10.1 Å². The van der Waals surface area contributed by atoms with E-state index in [1.54, 1.807) is 16.7 Å². The Hall–Kier alpha value is -2.70. The van der Waals surface area contributed by atoms with Crippen LogP contribution in [0.1, 0.15) is 35.2 Å². The van der Waals surface area contributed by atoms with Gasteiger partial charge in [-0.2, -0.15) is 4.98 Å². The molecule has 3 heterocycles. The van der Waals surface area contributed by atoms with Crippen LogP contribution in [0, 0.1) is 26.7 Å². The van der Waals surface area contributed by atoms with Crippen LogP contribution < -0.4 is 4.90 Å². The Labute approximate surface area is 152 Å². The van der Waals surface area contributed by atoms with Gasteiger partial charge in [-0.1, -0.05) is 11.2 Å². The minimum Gasteiger partial charge on any atom is -0.341 e. The fraction of sp³-hybridized carbons (Fsp3) is 0.474. The summed E-state index contributed by atoms with van der Waals surface area (Å²) in [5.41, 5.74) is 3.21. The fourth-order valence-corrected chi connectivity index (χ4v) is 3.57. The Balaban J connectivity index is 1.39. The van der Waals surface area contributed by atoms with Crippen molar-refractivity contribution >= 4 is 17.5 Å². The van der Waals surface area contributed by atoms with Crippen molar-refractivity contribution in [2.45, 2.75) is 33.1 Å². The maximum atomic E-state index is 12.7. The van der Waals surface area contributed by atoms with Gasteiger partial charge < -0.3 is 14.3 Å². The lowest BCUT2D eigenvalue weighted by Gasteiger charge is -2.38. The van der Waals surface area contributed by atoms with Crippen molar-refractivity contribution in [3.63, 3.8) is 0 Å². The molecule has 4 rings (SSSR count). The number of nitrogens with zero attached hydrogens (tertiary/aromatic N) is 4. The maximum absolute atomic E-state index is 12.7. The first-order valence-corrected chi connectivity index (χ1v) is 8.89. The number of hydrogen-bond acceptors (Lipinski definition) is 5. The van der Waals surface area contributed by atoms with Crippen LogP contribution in [0.15, 0.2) is 22.7 Å². The third kappa shape index (κ3) is 2.87. The summed E-state index contributed by atoms with van der Waals surface area (Å²) >= 11 is 0. The predicted octanol–water partition coefficient (Wildman–Crippen LogP) is 1.97. The number of carbonyl (C=O) groups is 2. The van der Waals surface area contributed by atoms with Crippen LogP contribution in [0.5, 0.6) is 0 Å². The van der Waals surface area contributed by atoms with Gasteiger partial charge in [-0.25, -0.2) is 0 Å². The average molecular weight is 354 g/mol. The van der Waals surface area contributed by atoms with E-state index in [0.29, 0.717) is 31.3 Å². The van der Waals surface area contributed by atoms with Gasteiger partial charge in [0.25, 0.3) is 0 Å². The Morgan fingerprint density at radius 2 is 1.92 bits per heavy atom. The molecule has 2 amide bonds. The van der Waals surface area contributed by atoms with Crippen LogP contribution in [-0.4, -0.2) is 46.5 Å². The first-order valence-electron chi connectivity index (χ1n) is 8.89. The average Bonchev–Trinajstić information content (AvgIpc) is 3.15. The Kier molecular flexibility index (Phi) is 4.01. The second-order valence-corrected chi connectivity index (χ2v) is 7.29. The summed E-state index contributed by atoms with van der Waals surface area (Å²) in [6.07, 6.45) is 0.270. The lowest BCUT2D eigenvalue weighted by atomic mass is 9.96. The van der Waals surface area contributed by atoms with E-state index in [1.165, 1.54) is 5.56 Å².